The van der Waals surface area contributed by atoms with Gasteiger partial charge in [-0.25, -0.2) is 9.97 Å². The molecule has 16 heavy (non-hydrogen) atoms. The van der Waals surface area contributed by atoms with Gasteiger partial charge in [-0.2, -0.15) is 0 Å². The second-order valence-electron chi connectivity index (χ2n) is 4.61. The van der Waals surface area contributed by atoms with Crippen LogP contribution in [0.25, 0.3) is 0 Å². The summed E-state index contributed by atoms with van der Waals surface area (Å²) in [6.07, 6.45) is 7.00. The lowest BCUT2D eigenvalue weighted by Crippen LogP contribution is -2.34. The van der Waals surface area contributed by atoms with Crippen molar-refractivity contribution in [1.29, 1.82) is 0 Å². The molecule has 0 amide bonds. The molecule has 0 spiro atoms. The number of aromatic nitrogens is 2. The molecule has 3 heterocycles. The summed E-state index contributed by atoms with van der Waals surface area (Å²) in [5, 5.41) is 3.46. The highest BCUT2D eigenvalue weighted by molar-refractivity contribution is 5.59. The molecular formula is C11H17N5. The maximum Gasteiger partial charge on any atom is 0.152 e. The Morgan fingerprint density at radius 1 is 1.38 bits per heavy atom. The van der Waals surface area contributed by atoms with Crippen LogP contribution in [-0.2, 0) is 0 Å². The van der Waals surface area contributed by atoms with Crippen LogP contribution >= 0.6 is 0 Å². The third kappa shape index (κ3) is 1.61. The van der Waals surface area contributed by atoms with E-state index in [0.29, 0.717) is 17.8 Å². The van der Waals surface area contributed by atoms with Crippen LogP contribution in [0.4, 0.5) is 11.5 Å². The summed E-state index contributed by atoms with van der Waals surface area (Å²) in [4.78, 5) is 10.7. The fourth-order valence-electron chi connectivity index (χ4n) is 2.89. The summed E-state index contributed by atoms with van der Waals surface area (Å²) in [6, 6.07) is 1.18. The van der Waals surface area contributed by atoms with Gasteiger partial charge in [0.2, 0.25) is 0 Å². The quantitative estimate of drug-likeness (QED) is 0.766. The number of rotatable bonds is 2. The smallest absolute Gasteiger partial charge is 0.152 e. The molecule has 3 N–H and O–H groups in total. The molecule has 0 bridgehead atoms. The number of nitrogens with one attached hydrogen (secondary N) is 1. The molecule has 1 aromatic heterocycles. The SMILES string of the molecule is Nc1cncnc1NC1CCN2CCCC12. The summed E-state index contributed by atoms with van der Waals surface area (Å²) in [5.74, 6) is 0.786. The Kier molecular flexibility index (Phi) is 2.40. The molecular weight excluding hydrogens is 202 g/mol. The van der Waals surface area contributed by atoms with Crippen molar-refractivity contribution < 1.29 is 0 Å². The largest absolute Gasteiger partial charge is 0.394 e. The molecule has 5 nitrogen and oxygen atoms in total. The maximum atomic E-state index is 5.83. The summed E-state index contributed by atoms with van der Waals surface area (Å²) < 4.78 is 0. The number of nitrogens with two attached hydrogens (primary N) is 1. The van der Waals surface area contributed by atoms with Crippen LogP contribution in [0.3, 0.4) is 0 Å². The monoisotopic (exact) mass is 219 g/mol. The first-order valence-electron chi connectivity index (χ1n) is 5.90. The van der Waals surface area contributed by atoms with Gasteiger partial charge >= 0.3 is 0 Å². The van der Waals surface area contributed by atoms with Gasteiger partial charge in [0.1, 0.15) is 6.33 Å². The van der Waals surface area contributed by atoms with Crippen LogP contribution < -0.4 is 11.1 Å². The highest BCUT2D eigenvalue weighted by atomic mass is 15.2. The molecule has 0 radical (unpaired) electrons. The van der Waals surface area contributed by atoms with Crippen molar-refractivity contribution >= 4 is 11.5 Å². The third-order valence-electron chi connectivity index (χ3n) is 3.67. The molecule has 2 atom stereocenters. The van der Waals surface area contributed by atoms with Crippen LogP contribution in [0.2, 0.25) is 0 Å². The molecule has 3 rings (SSSR count). The van der Waals surface area contributed by atoms with Gasteiger partial charge in [-0.3, -0.25) is 4.90 Å². The van der Waals surface area contributed by atoms with E-state index in [9.17, 15) is 0 Å². The van der Waals surface area contributed by atoms with E-state index in [0.717, 1.165) is 5.82 Å². The molecule has 1 aromatic rings. The Hall–Kier alpha value is -1.36. The van der Waals surface area contributed by atoms with Crippen LogP contribution in [0.5, 0.6) is 0 Å². The number of nitrogen functional groups attached to an aromatic ring is 1. The summed E-state index contributed by atoms with van der Waals surface area (Å²) in [7, 11) is 0. The number of hydrogen-bond donors (Lipinski definition) is 2. The van der Waals surface area contributed by atoms with Crippen molar-refractivity contribution in [3.05, 3.63) is 12.5 Å². The van der Waals surface area contributed by atoms with Gasteiger partial charge in [0.25, 0.3) is 0 Å². The molecule has 2 aliphatic heterocycles. The number of fused-ring (bicyclic) bond motifs is 1. The van der Waals surface area contributed by atoms with Crippen molar-refractivity contribution in [2.24, 2.45) is 0 Å². The van der Waals surface area contributed by atoms with Gasteiger partial charge in [-0.1, -0.05) is 0 Å². The fourth-order valence-corrected chi connectivity index (χ4v) is 2.89. The predicted molar refractivity (Wildman–Crippen MR) is 63.1 cm³/mol. The van der Waals surface area contributed by atoms with E-state index in [1.54, 1.807) is 12.5 Å². The molecule has 0 aromatic carbocycles. The van der Waals surface area contributed by atoms with Crippen molar-refractivity contribution in [2.45, 2.75) is 31.3 Å². The molecule has 86 valence electrons. The van der Waals surface area contributed by atoms with Crippen LogP contribution in [0.1, 0.15) is 19.3 Å². The first-order chi connectivity index (χ1) is 7.84. The lowest BCUT2D eigenvalue weighted by atomic mass is 10.1. The Morgan fingerprint density at radius 3 is 3.19 bits per heavy atom. The van der Waals surface area contributed by atoms with E-state index >= 15 is 0 Å². The minimum absolute atomic E-state index is 0.500. The number of anilines is 2. The molecule has 2 fully saturated rings. The zero-order valence-corrected chi connectivity index (χ0v) is 9.26. The Balaban J connectivity index is 1.73. The fraction of sp³-hybridized carbons (Fsp3) is 0.636. The second-order valence-corrected chi connectivity index (χ2v) is 4.61. The van der Waals surface area contributed by atoms with E-state index in [4.69, 9.17) is 5.73 Å². The number of hydrogen-bond acceptors (Lipinski definition) is 5. The molecule has 0 aliphatic carbocycles. The van der Waals surface area contributed by atoms with Crippen LogP contribution in [0, 0.1) is 0 Å². The molecule has 2 saturated heterocycles. The summed E-state index contributed by atoms with van der Waals surface area (Å²) in [5.41, 5.74) is 6.47. The topological polar surface area (TPSA) is 67.1 Å². The molecule has 0 saturated carbocycles. The van der Waals surface area contributed by atoms with Gasteiger partial charge < -0.3 is 11.1 Å². The average molecular weight is 219 g/mol. The first-order valence-corrected chi connectivity index (χ1v) is 5.90. The third-order valence-corrected chi connectivity index (χ3v) is 3.67. The number of nitrogens with zero attached hydrogens (tertiary/aromatic N) is 3. The van der Waals surface area contributed by atoms with Crippen molar-refractivity contribution in [2.75, 3.05) is 24.1 Å². The van der Waals surface area contributed by atoms with Gasteiger partial charge in [-0.15, -0.1) is 0 Å². The standard InChI is InChI=1S/C11H17N5/c12-8-6-13-7-14-11(8)15-9-3-5-16-4-1-2-10(9)16/h6-7,9-10H,1-5,12H2,(H,13,14,15). The molecule has 5 heteroatoms. The first kappa shape index (κ1) is 9.84. The van der Waals surface area contributed by atoms with Crippen molar-refractivity contribution in [1.82, 2.24) is 14.9 Å². The Labute approximate surface area is 95.1 Å². The lowest BCUT2D eigenvalue weighted by Gasteiger charge is -2.22. The second kappa shape index (κ2) is 3.90. The highest BCUT2D eigenvalue weighted by Crippen LogP contribution is 2.30. The maximum absolute atomic E-state index is 5.83. The summed E-state index contributed by atoms with van der Waals surface area (Å²) in [6.45, 7) is 2.45. The van der Waals surface area contributed by atoms with Gasteiger partial charge in [-0.05, 0) is 25.8 Å². The Morgan fingerprint density at radius 2 is 2.31 bits per heavy atom. The average Bonchev–Trinajstić information content (AvgIpc) is 2.86. The van der Waals surface area contributed by atoms with E-state index in [-0.39, 0.29) is 0 Å². The zero-order chi connectivity index (χ0) is 11.0. The van der Waals surface area contributed by atoms with Crippen LogP contribution in [0.15, 0.2) is 12.5 Å². The predicted octanol–water partition coefficient (Wildman–Crippen LogP) is 0.707. The van der Waals surface area contributed by atoms with Gasteiger partial charge in [0.05, 0.1) is 11.9 Å². The Bertz CT molecular complexity index is 380. The normalized spacial score (nSPS) is 29.2. The molecule has 2 unspecified atom stereocenters. The highest BCUT2D eigenvalue weighted by Gasteiger charge is 2.37. The lowest BCUT2D eigenvalue weighted by molar-refractivity contribution is 0.318. The van der Waals surface area contributed by atoms with Crippen molar-refractivity contribution in [3.63, 3.8) is 0 Å². The van der Waals surface area contributed by atoms with E-state index in [2.05, 4.69) is 20.2 Å². The van der Waals surface area contributed by atoms with Gasteiger partial charge in [0.15, 0.2) is 5.82 Å². The van der Waals surface area contributed by atoms with Gasteiger partial charge in [0, 0.05) is 18.6 Å². The van der Waals surface area contributed by atoms with Crippen molar-refractivity contribution in [3.8, 4) is 0 Å². The van der Waals surface area contributed by atoms with E-state index in [1.165, 1.54) is 32.4 Å². The van der Waals surface area contributed by atoms with E-state index in [1.807, 2.05) is 0 Å². The molecule has 2 aliphatic rings. The van der Waals surface area contributed by atoms with E-state index < -0.39 is 0 Å². The minimum atomic E-state index is 0.500. The summed E-state index contributed by atoms with van der Waals surface area (Å²) >= 11 is 0. The zero-order valence-electron chi connectivity index (χ0n) is 9.26. The minimum Gasteiger partial charge on any atom is -0.394 e. The van der Waals surface area contributed by atoms with Crippen LogP contribution in [-0.4, -0.2) is 40.0 Å².